The van der Waals surface area contributed by atoms with Gasteiger partial charge in [0.25, 0.3) is 0 Å². The Balaban J connectivity index is 2.50. The number of hydrogen-bond acceptors (Lipinski definition) is 6. The van der Waals surface area contributed by atoms with Crippen molar-refractivity contribution in [2.45, 2.75) is 26.4 Å². The van der Waals surface area contributed by atoms with E-state index >= 15 is 0 Å². The lowest BCUT2D eigenvalue weighted by Gasteiger charge is -2.18. The first-order chi connectivity index (χ1) is 7.02. The van der Waals surface area contributed by atoms with Gasteiger partial charge in [-0.25, -0.2) is 0 Å². The third kappa shape index (κ3) is 3.58. The Labute approximate surface area is 91.8 Å². The molecule has 1 aromatic heterocycles. The fourth-order valence-corrected chi connectivity index (χ4v) is 1.54. The van der Waals surface area contributed by atoms with Crippen LogP contribution in [0.5, 0.6) is 15.9 Å². The highest BCUT2D eigenvalue weighted by atomic mass is 32.1. The molecular weight excluding hydrogens is 220 g/mol. The van der Waals surface area contributed by atoms with E-state index in [1.807, 2.05) is 0 Å². The minimum absolute atomic E-state index is 0.00510. The van der Waals surface area contributed by atoms with Crippen LogP contribution >= 0.6 is 11.3 Å². The smallest absolute Gasteiger partial charge is 0.218 e. The molecule has 1 heterocycles. The van der Waals surface area contributed by atoms with Gasteiger partial charge >= 0.3 is 0 Å². The SMILES string of the molecule is COC(C)OC(C)Oc1cc(O)sc1O. The minimum Gasteiger partial charge on any atom is -0.499 e. The summed E-state index contributed by atoms with van der Waals surface area (Å²) in [5.41, 5.74) is 0. The van der Waals surface area contributed by atoms with Crippen LogP contribution in [-0.2, 0) is 9.47 Å². The van der Waals surface area contributed by atoms with Crippen LogP contribution < -0.4 is 4.74 Å². The predicted octanol–water partition coefficient (Wildman–Crippen LogP) is 1.89. The highest BCUT2D eigenvalue weighted by molar-refractivity contribution is 7.15. The van der Waals surface area contributed by atoms with Crippen molar-refractivity contribution < 1.29 is 24.4 Å². The van der Waals surface area contributed by atoms with Gasteiger partial charge in [0.05, 0.1) is 0 Å². The van der Waals surface area contributed by atoms with E-state index in [1.165, 1.54) is 13.2 Å². The van der Waals surface area contributed by atoms with Crippen LogP contribution in [-0.4, -0.2) is 29.9 Å². The first-order valence-electron chi connectivity index (χ1n) is 4.39. The number of rotatable bonds is 5. The Bertz CT molecular complexity index is 311. The Morgan fingerprint density at radius 2 is 1.93 bits per heavy atom. The average molecular weight is 234 g/mol. The van der Waals surface area contributed by atoms with Gasteiger partial charge in [-0.1, -0.05) is 11.3 Å². The molecule has 0 fully saturated rings. The van der Waals surface area contributed by atoms with Crippen molar-refractivity contribution >= 4 is 11.3 Å². The number of methoxy groups -OCH3 is 1. The summed E-state index contributed by atoms with van der Waals surface area (Å²) in [5.74, 6) is 0.202. The zero-order chi connectivity index (χ0) is 11.4. The lowest BCUT2D eigenvalue weighted by Crippen LogP contribution is -2.23. The van der Waals surface area contributed by atoms with Gasteiger partial charge in [-0.2, -0.15) is 0 Å². The van der Waals surface area contributed by atoms with Crippen molar-refractivity contribution in [3.05, 3.63) is 6.07 Å². The molecule has 0 bridgehead atoms. The van der Waals surface area contributed by atoms with Gasteiger partial charge < -0.3 is 24.4 Å². The van der Waals surface area contributed by atoms with E-state index in [0.29, 0.717) is 0 Å². The first-order valence-corrected chi connectivity index (χ1v) is 5.21. The third-order valence-electron chi connectivity index (χ3n) is 1.67. The van der Waals surface area contributed by atoms with E-state index in [4.69, 9.17) is 19.3 Å². The second-order valence-electron chi connectivity index (χ2n) is 2.88. The molecule has 2 atom stereocenters. The summed E-state index contributed by atoms with van der Waals surface area (Å²) in [6.45, 7) is 3.40. The van der Waals surface area contributed by atoms with Crippen molar-refractivity contribution in [2.24, 2.45) is 0 Å². The Morgan fingerprint density at radius 3 is 2.40 bits per heavy atom. The van der Waals surface area contributed by atoms with E-state index in [1.54, 1.807) is 13.8 Å². The highest BCUT2D eigenvalue weighted by Gasteiger charge is 2.14. The first kappa shape index (κ1) is 12.1. The summed E-state index contributed by atoms with van der Waals surface area (Å²) in [6.07, 6.45) is -0.964. The molecule has 0 saturated carbocycles. The molecular formula is C9H14O5S. The lowest BCUT2D eigenvalue weighted by molar-refractivity contribution is -0.193. The number of ether oxygens (including phenoxy) is 3. The van der Waals surface area contributed by atoms with Crippen molar-refractivity contribution in [3.63, 3.8) is 0 Å². The third-order valence-corrected chi connectivity index (χ3v) is 2.40. The summed E-state index contributed by atoms with van der Waals surface area (Å²) in [7, 11) is 1.52. The molecule has 86 valence electrons. The van der Waals surface area contributed by atoms with E-state index in [9.17, 15) is 5.11 Å². The van der Waals surface area contributed by atoms with Crippen LogP contribution in [0.25, 0.3) is 0 Å². The van der Waals surface area contributed by atoms with Crippen LogP contribution in [0.3, 0.4) is 0 Å². The second-order valence-corrected chi connectivity index (χ2v) is 3.89. The van der Waals surface area contributed by atoms with E-state index < -0.39 is 12.6 Å². The van der Waals surface area contributed by atoms with E-state index in [0.717, 1.165) is 11.3 Å². The van der Waals surface area contributed by atoms with Gasteiger partial charge in [0.1, 0.15) is 0 Å². The average Bonchev–Trinajstić information content (AvgIpc) is 2.44. The second kappa shape index (κ2) is 5.20. The Morgan fingerprint density at radius 1 is 1.27 bits per heavy atom. The normalized spacial score (nSPS) is 14.9. The van der Waals surface area contributed by atoms with Gasteiger partial charge in [0.2, 0.25) is 5.06 Å². The number of hydrogen-bond donors (Lipinski definition) is 2. The molecule has 0 aliphatic carbocycles. The largest absolute Gasteiger partial charge is 0.499 e. The molecule has 0 spiro atoms. The van der Waals surface area contributed by atoms with Crippen molar-refractivity contribution in [3.8, 4) is 15.9 Å². The van der Waals surface area contributed by atoms with Gasteiger partial charge in [-0.05, 0) is 13.8 Å². The summed E-state index contributed by atoms with van der Waals surface area (Å²) >= 11 is 0.835. The zero-order valence-electron chi connectivity index (χ0n) is 8.76. The van der Waals surface area contributed by atoms with Gasteiger partial charge in [0.15, 0.2) is 23.4 Å². The molecule has 5 nitrogen and oxygen atoms in total. The topological polar surface area (TPSA) is 68.2 Å². The van der Waals surface area contributed by atoms with Crippen LogP contribution in [0.15, 0.2) is 6.07 Å². The molecule has 2 N–H and O–H groups in total. The Kier molecular flexibility index (Phi) is 4.19. The molecule has 0 aromatic carbocycles. The monoisotopic (exact) mass is 234 g/mol. The fraction of sp³-hybridized carbons (Fsp3) is 0.556. The maximum atomic E-state index is 9.32. The molecule has 0 aliphatic rings. The molecule has 0 aliphatic heterocycles. The van der Waals surface area contributed by atoms with Crippen molar-refractivity contribution in [1.82, 2.24) is 0 Å². The summed E-state index contributed by atoms with van der Waals surface area (Å²) in [6, 6.07) is 1.33. The molecule has 2 unspecified atom stereocenters. The van der Waals surface area contributed by atoms with Crippen LogP contribution in [0, 0.1) is 0 Å². The molecule has 15 heavy (non-hydrogen) atoms. The molecule has 6 heteroatoms. The van der Waals surface area contributed by atoms with E-state index in [2.05, 4.69) is 0 Å². The Hall–Kier alpha value is -0.980. The summed E-state index contributed by atoms with van der Waals surface area (Å²) in [5, 5.41) is 18.3. The minimum atomic E-state index is -0.570. The molecule has 0 saturated heterocycles. The summed E-state index contributed by atoms with van der Waals surface area (Å²) < 4.78 is 15.4. The maximum absolute atomic E-state index is 9.32. The molecule has 0 radical (unpaired) electrons. The van der Waals surface area contributed by atoms with E-state index in [-0.39, 0.29) is 15.9 Å². The summed E-state index contributed by atoms with van der Waals surface area (Å²) in [4.78, 5) is 0. The highest BCUT2D eigenvalue weighted by Crippen LogP contribution is 2.40. The van der Waals surface area contributed by atoms with Gasteiger partial charge in [-0.15, -0.1) is 0 Å². The molecule has 1 aromatic rings. The number of thiophene rings is 1. The fourth-order valence-electron chi connectivity index (χ4n) is 0.969. The van der Waals surface area contributed by atoms with Gasteiger partial charge in [0, 0.05) is 13.2 Å². The standard InChI is InChI=1S/C9H14O5S/c1-5(12-3)13-6(2)14-7-4-8(10)15-9(7)11/h4-6,10-11H,1-3H3. The van der Waals surface area contributed by atoms with Gasteiger partial charge in [-0.3, -0.25) is 0 Å². The maximum Gasteiger partial charge on any atom is 0.218 e. The predicted molar refractivity (Wildman–Crippen MR) is 55.3 cm³/mol. The molecule has 0 amide bonds. The van der Waals surface area contributed by atoms with Crippen LogP contribution in [0.2, 0.25) is 0 Å². The van der Waals surface area contributed by atoms with Crippen molar-refractivity contribution in [1.29, 1.82) is 0 Å². The zero-order valence-corrected chi connectivity index (χ0v) is 9.58. The van der Waals surface area contributed by atoms with Crippen LogP contribution in [0.1, 0.15) is 13.8 Å². The lowest BCUT2D eigenvalue weighted by atomic mass is 10.5. The van der Waals surface area contributed by atoms with Crippen LogP contribution in [0.4, 0.5) is 0 Å². The number of aromatic hydroxyl groups is 2. The quantitative estimate of drug-likeness (QED) is 0.761. The molecule has 1 rings (SSSR count). The van der Waals surface area contributed by atoms with Crippen molar-refractivity contribution in [2.75, 3.05) is 7.11 Å².